The van der Waals surface area contributed by atoms with Crippen LogP contribution in [0.2, 0.25) is 5.02 Å². The van der Waals surface area contributed by atoms with Gasteiger partial charge in [-0.25, -0.2) is 0 Å². The summed E-state index contributed by atoms with van der Waals surface area (Å²) in [7, 11) is 0. The van der Waals surface area contributed by atoms with Crippen LogP contribution in [0.3, 0.4) is 0 Å². The summed E-state index contributed by atoms with van der Waals surface area (Å²) in [5.74, 6) is -0.792. The van der Waals surface area contributed by atoms with Crippen LogP contribution >= 0.6 is 11.6 Å². The van der Waals surface area contributed by atoms with E-state index in [9.17, 15) is 30.2 Å². The van der Waals surface area contributed by atoms with Crippen LogP contribution in [0.1, 0.15) is 0 Å². The van der Waals surface area contributed by atoms with Gasteiger partial charge in [0.25, 0.3) is 5.69 Å². The molecule has 1 aliphatic carbocycles. The third kappa shape index (κ3) is 3.31. The van der Waals surface area contributed by atoms with Gasteiger partial charge in [0, 0.05) is 46.3 Å². The van der Waals surface area contributed by atoms with Crippen molar-refractivity contribution in [2.45, 2.75) is 0 Å². The zero-order valence-corrected chi connectivity index (χ0v) is 17.2. The first-order valence-electron chi connectivity index (χ1n) is 9.43. The topological polar surface area (TPSA) is 147 Å². The predicted molar refractivity (Wildman–Crippen MR) is 119 cm³/mol. The molecule has 5 rings (SSSR count). The summed E-state index contributed by atoms with van der Waals surface area (Å²) in [6.07, 6.45) is 0. The first-order chi connectivity index (χ1) is 15.7. The second kappa shape index (κ2) is 7.28. The molecule has 0 fully saturated rings. The summed E-state index contributed by atoms with van der Waals surface area (Å²) in [4.78, 5) is 22.6. The number of benzene rings is 3. The summed E-state index contributed by atoms with van der Waals surface area (Å²) < 4.78 is 11.7. The van der Waals surface area contributed by atoms with Gasteiger partial charge in [-0.1, -0.05) is 11.6 Å². The maximum atomic E-state index is 12.0. The highest BCUT2D eigenvalue weighted by Crippen LogP contribution is 2.45. The van der Waals surface area contributed by atoms with Crippen molar-refractivity contribution in [3.63, 3.8) is 0 Å². The van der Waals surface area contributed by atoms with Crippen molar-refractivity contribution >= 4 is 28.3 Å². The van der Waals surface area contributed by atoms with E-state index in [1.807, 2.05) is 0 Å². The Kier molecular flexibility index (Phi) is 4.50. The Labute approximate surface area is 188 Å². The van der Waals surface area contributed by atoms with Crippen LogP contribution in [0, 0.1) is 10.1 Å². The van der Waals surface area contributed by atoms with Gasteiger partial charge < -0.3 is 24.2 Å². The molecule has 0 radical (unpaired) electrons. The molecule has 0 bridgehead atoms. The summed E-state index contributed by atoms with van der Waals surface area (Å²) in [5.41, 5.74) is 0.249. The lowest BCUT2D eigenvalue weighted by atomic mass is 9.97. The fourth-order valence-corrected chi connectivity index (χ4v) is 3.84. The average Bonchev–Trinajstić information content (AvgIpc) is 3.24. The first kappa shape index (κ1) is 20.4. The summed E-state index contributed by atoms with van der Waals surface area (Å²) in [5, 5.41) is 41.7. The minimum Gasteiger partial charge on any atom is -0.504 e. The van der Waals surface area contributed by atoms with Gasteiger partial charge in [-0.15, -0.1) is 0 Å². The van der Waals surface area contributed by atoms with Gasteiger partial charge in [0.2, 0.25) is 5.43 Å². The lowest BCUT2D eigenvalue weighted by molar-refractivity contribution is -0.384. The Morgan fingerprint density at radius 1 is 0.788 bits per heavy atom. The monoisotopic (exact) mass is 465 g/mol. The maximum absolute atomic E-state index is 12.0. The van der Waals surface area contributed by atoms with E-state index in [4.69, 9.17) is 20.4 Å². The third-order valence-corrected chi connectivity index (χ3v) is 5.50. The molecule has 2 heterocycles. The molecule has 33 heavy (non-hydrogen) atoms. The second-order valence-corrected chi connectivity index (χ2v) is 7.62. The number of fused-ring (bicyclic) bond motifs is 2. The van der Waals surface area contributed by atoms with Crippen LogP contribution < -0.4 is 5.43 Å². The number of halogens is 1. The van der Waals surface area contributed by atoms with Crippen molar-refractivity contribution in [3.05, 3.63) is 80.0 Å². The molecule has 164 valence electrons. The molecule has 0 saturated heterocycles. The number of phenols is 3. The molecule has 10 heteroatoms. The molecule has 1 aliphatic heterocycles. The first-order valence-corrected chi connectivity index (χ1v) is 9.81. The lowest BCUT2D eigenvalue weighted by Crippen LogP contribution is -2.01. The van der Waals surface area contributed by atoms with E-state index in [0.29, 0.717) is 16.5 Å². The van der Waals surface area contributed by atoms with E-state index in [2.05, 4.69) is 0 Å². The van der Waals surface area contributed by atoms with Gasteiger partial charge >= 0.3 is 0 Å². The van der Waals surface area contributed by atoms with Gasteiger partial charge in [-0.05, 0) is 30.3 Å². The number of nitro groups is 1. The van der Waals surface area contributed by atoms with Crippen LogP contribution in [-0.4, -0.2) is 20.2 Å². The second-order valence-electron chi connectivity index (χ2n) is 7.22. The van der Waals surface area contributed by atoms with Crippen molar-refractivity contribution in [1.29, 1.82) is 0 Å². The van der Waals surface area contributed by atoms with Crippen LogP contribution in [0.15, 0.2) is 68.2 Å². The minimum atomic E-state index is -0.664. The summed E-state index contributed by atoms with van der Waals surface area (Å²) >= 11 is 6.23. The zero-order chi connectivity index (χ0) is 23.4. The van der Waals surface area contributed by atoms with Crippen molar-refractivity contribution in [2.75, 3.05) is 0 Å². The maximum Gasteiger partial charge on any atom is 0.270 e. The quantitative estimate of drug-likeness (QED) is 0.137. The smallest absolute Gasteiger partial charge is 0.270 e. The van der Waals surface area contributed by atoms with Gasteiger partial charge in [0.1, 0.15) is 22.9 Å². The highest BCUT2D eigenvalue weighted by Gasteiger charge is 2.23. The Hall–Kier alpha value is -4.50. The van der Waals surface area contributed by atoms with Crippen LogP contribution in [0.4, 0.5) is 5.69 Å². The van der Waals surface area contributed by atoms with E-state index in [0.717, 1.165) is 6.07 Å². The van der Waals surface area contributed by atoms with E-state index < -0.39 is 27.6 Å². The van der Waals surface area contributed by atoms with Crippen molar-refractivity contribution in [2.24, 2.45) is 0 Å². The number of phenolic OH excluding ortho intramolecular Hbond substituents is 3. The number of hydrogen-bond donors (Lipinski definition) is 3. The number of nitro benzene ring substituents is 1. The minimum absolute atomic E-state index is 0.108. The van der Waals surface area contributed by atoms with Gasteiger partial charge in [-0.2, -0.15) is 0 Å². The van der Waals surface area contributed by atoms with Gasteiger partial charge in [0.15, 0.2) is 17.2 Å². The van der Waals surface area contributed by atoms with Gasteiger partial charge in [0.05, 0.1) is 9.95 Å². The summed E-state index contributed by atoms with van der Waals surface area (Å²) in [6.45, 7) is 0. The van der Waals surface area contributed by atoms with Gasteiger partial charge in [-0.3, -0.25) is 14.9 Å². The van der Waals surface area contributed by atoms with Crippen LogP contribution in [0.25, 0.3) is 44.9 Å². The number of rotatable bonds is 3. The standard InChI is InChI=1S/C23H12ClNO8/c24-14-2-1-10(25(30)31)5-11(14)19-3-4-20(32-19)23-12-6-15(26)17(28)8-21(12)33-22-9-18(29)16(27)7-13(22)23/h1-9,26-28H. The molecule has 0 saturated carbocycles. The highest BCUT2D eigenvalue weighted by atomic mass is 35.5. The molecular weight excluding hydrogens is 454 g/mol. The fourth-order valence-electron chi connectivity index (χ4n) is 3.63. The molecule has 3 aromatic rings. The number of non-ortho nitro benzene ring substituents is 1. The molecule has 0 unspecified atom stereocenters. The largest absolute Gasteiger partial charge is 0.504 e. The molecule has 2 aromatic carbocycles. The SMILES string of the molecule is O=c1cc2oc3cc(O)c(O)cc3c(-c3ccc(-c4cc([N+](=O)[O-])ccc4Cl)o3)c-2cc1O. The summed E-state index contributed by atoms with van der Waals surface area (Å²) in [6, 6.07) is 11.8. The third-order valence-electron chi connectivity index (χ3n) is 5.18. The van der Waals surface area contributed by atoms with Crippen LogP contribution in [0.5, 0.6) is 17.2 Å². The van der Waals surface area contributed by atoms with Crippen molar-refractivity contribution in [1.82, 2.24) is 0 Å². The lowest BCUT2D eigenvalue weighted by Gasteiger charge is -2.14. The molecule has 3 N–H and O–H groups in total. The molecule has 2 aliphatic rings. The van der Waals surface area contributed by atoms with E-state index >= 15 is 0 Å². The van der Waals surface area contributed by atoms with Crippen LogP contribution in [-0.2, 0) is 0 Å². The van der Waals surface area contributed by atoms with E-state index in [-0.39, 0.29) is 39.1 Å². The average molecular weight is 466 g/mol. The fraction of sp³-hybridized carbons (Fsp3) is 0. The number of furan rings is 1. The Balaban J connectivity index is 1.80. The molecule has 0 spiro atoms. The van der Waals surface area contributed by atoms with Crippen molar-refractivity contribution < 1.29 is 29.1 Å². The number of hydrogen-bond acceptors (Lipinski definition) is 8. The number of aromatic hydroxyl groups is 3. The highest BCUT2D eigenvalue weighted by molar-refractivity contribution is 6.33. The Bertz CT molecular complexity index is 1620. The molecule has 9 nitrogen and oxygen atoms in total. The number of nitrogens with zero attached hydrogens (tertiary/aromatic N) is 1. The molecule has 1 aromatic heterocycles. The Morgan fingerprint density at radius 2 is 1.52 bits per heavy atom. The molecule has 0 amide bonds. The van der Waals surface area contributed by atoms with E-state index in [1.54, 1.807) is 12.1 Å². The predicted octanol–water partition coefficient (Wildman–Crippen LogP) is 5.50. The van der Waals surface area contributed by atoms with Crippen molar-refractivity contribution in [3.8, 4) is 51.2 Å². The zero-order valence-electron chi connectivity index (χ0n) is 16.4. The molecule has 0 atom stereocenters. The Morgan fingerprint density at radius 3 is 2.27 bits per heavy atom. The van der Waals surface area contributed by atoms with E-state index in [1.165, 1.54) is 36.4 Å². The molecular formula is C23H12ClNO8. The normalized spacial score (nSPS) is 11.3.